The first-order chi connectivity index (χ1) is 16.2. The molecule has 0 amide bonds. The molecule has 0 spiro atoms. The smallest absolute Gasteiger partial charge is 0.232 e. The number of aromatic amines is 1. The molecular formula is C25H21N7O. The highest BCUT2D eigenvalue weighted by Gasteiger charge is 2.18. The maximum Gasteiger partial charge on any atom is 0.232 e. The molecule has 8 nitrogen and oxygen atoms in total. The average Bonchev–Trinajstić information content (AvgIpc) is 3.55. The second kappa shape index (κ2) is 8.96. The van der Waals surface area contributed by atoms with E-state index in [1.165, 1.54) is 0 Å². The number of nitrogens with one attached hydrogen (secondary N) is 1. The summed E-state index contributed by atoms with van der Waals surface area (Å²) in [4.78, 5) is 17.3. The lowest BCUT2D eigenvalue weighted by atomic mass is 9.98. The van der Waals surface area contributed by atoms with Gasteiger partial charge in [0.2, 0.25) is 11.6 Å². The van der Waals surface area contributed by atoms with E-state index in [0.29, 0.717) is 24.4 Å². The second-order valence-electron chi connectivity index (χ2n) is 7.53. The number of ketones is 1. The van der Waals surface area contributed by atoms with Crippen molar-refractivity contribution in [3.63, 3.8) is 0 Å². The van der Waals surface area contributed by atoms with Crippen LogP contribution in [0.25, 0.3) is 22.5 Å². The summed E-state index contributed by atoms with van der Waals surface area (Å²) in [7, 11) is 0. The molecule has 3 aromatic carbocycles. The third kappa shape index (κ3) is 4.18. The Bertz CT molecular complexity index is 1370. The first-order valence-electron chi connectivity index (χ1n) is 10.7. The molecule has 0 bridgehead atoms. The van der Waals surface area contributed by atoms with E-state index >= 15 is 0 Å². The molecule has 0 aliphatic carbocycles. The van der Waals surface area contributed by atoms with E-state index < -0.39 is 0 Å². The molecule has 5 aromatic rings. The monoisotopic (exact) mass is 435 g/mol. The number of carbonyl (C=O) groups is 1. The van der Waals surface area contributed by atoms with Gasteiger partial charge in [-0.05, 0) is 34.0 Å². The number of nitrogens with zero attached hydrogens (tertiary/aromatic N) is 6. The SMILES string of the molecule is CCn1nc(C(=O)c2ccccc2)nc1Cc1ccc(-c2ccccc2-c2nnn[nH]2)cc1. The molecule has 0 saturated carbocycles. The Labute approximate surface area is 190 Å². The summed E-state index contributed by atoms with van der Waals surface area (Å²) in [5, 5.41) is 18.7. The number of benzene rings is 3. The fourth-order valence-corrected chi connectivity index (χ4v) is 3.77. The molecule has 0 radical (unpaired) electrons. The summed E-state index contributed by atoms with van der Waals surface area (Å²) >= 11 is 0. The van der Waals surface area contributed by atoms with Crippen molar-refractivity contribution in [2.24, 2.45) is 0 Å². The minimum absolute atomic E-state index is 0.169. The van der Waals surface area contributed by atoms with Gasteiger partial charge in [0.25, 0.3) is 0 Å². The Kier molecular flexibility index (Phi) is 5.55. The van der Waals surface area contributed by atoms with Crippen LogP contribution in [0.3, 0.4) is 0 Å². The molecule has 162 valence electrons. The number of rotatable bonds is 7. The van der Waals surface area contributed by atoms with Gasteiger partial charge in [-0.1, -0.05) is 78.9 Å². The van der Waals surface area contributed by atoms with Crippen molar-refractivity contribution in [1.29, 1.82) is 0 Å². The van der Waals surface area contributed by atoms with Crippen LogP contribution in [0.15, 0.2) is 78.9 Å². The summed E-state index contributed by atoms with van der Waals surface area (Å²) < 4.78 is 1.79. The van der Waals surface area contributed by atoms with E-state index in [9.17, 15) is 4.79 Å². The molecule has 1 N–H and O–H groups in total. The lowest BCUT2D eigenvalue weighted by Crippen LogP contribution is -2.05. The normalized spacial score (nSPS) is 10.9. The first kappa shape index (κ1) is 20.4. The van der Waals surface area contributed by atoms with Gasteiger partial charge in [-0.3, -0.25) is 4.79 Å². The molecule has 5 rings (SSSR count). The predicted molar refractivity (Wildman–Crippen MR) is 123 cm³/mol. The Morgan fingerprint density at radius 2 is 1.64 bits per heavy atom. The molecule has 2 aromatic heterocycles. The zero-order chi connectivity index (χ0) is 22.6. The van der Waals surface area contributed by atoms with Crippen LogP contribution in [-0.2, 0) is 13.0 Å². The molecule has 33 heavy (non-hydrogen) atoms. The maximum atomic E-state index is 12.8. The number of aromatic nitrogens is 7. The number of H-pyrrole nitrogens is 1. The van der Waals surface area contributed by atoms with E-state index in [-0.39, 0.29) is 11.6 Å². The standard InChI is InChI=1S/C25H21N7O/c1-2-32-22(26-25(29-32)23(33)19-8-4-3-5-9-19)16-17-12-14-18(15-13-17)20-10-6-7-11-21(20)24-27-30-31-28-24/h3-15H,2,16H2,1H3,(H,27,28,30,31). The van der Waals surface area contributed by atoms with Crippen molar-refractivity contribution in [2.45, 2.75) is 19.9 Å². The van der Waals surface area contributed by atoms with Gasteiger partial charge in [-0.2, -0.15) is 0 Å². The molecule has 0 saturated heterocycles. The number of tetrazole rings is 1. The van der Waals surface area contributed by atoms with E-state index in [1.807, 2.05) is 49.4 Å². The fourth-order valence-electron chi connectivity index (χ4n) is 3.77. The summed E-state index contributed by atoms with van der Waals surface area (Å²) in [5.74, 6) is 1.45. The van der Waals surface area contributed by atoms with Crippen LogP contribution in [0.2, 0.25) is 0 Å². The highest BCUT2D eigenvalue weighted by Crippen LogP contribution is 2.30. The highest BCUT2D eigenvalue weighted by molar-refractivity contribution is 6.06. The molecule has 0 fully saturated rings. The van der Waals surface area contributed by atoms with Crippen LogP contribution in [0.5, 0.6) is 0 Å². The predicted octanol–water partition coefficient (Wildman–Crippen LogP) is 3.97. The Morgan fingerprint density at radius 1 is 0.909 bits per heavy atom. The third-order valence-corrected chi connectivity index (χ3v) is 5.44. The van der Waals surface area contributed by atoms with E-state index in [1.54, 1.807) is 16.8 Å². The average molecular weight is 435 g/mol. The lowest BCUT2D eigenvalue weighted by molar-refractivity contribution is 0.102. The summed E-state index contributed by atoms with van der Waals surface area (Å²) in [6.45, 7) is 2.63. The van der Waals surface area contributed by atoms with Gasteiger partial charge in [-0.15, -0.1) is 10.2 Å². The van der Waals surface area contributed by atoms with Crippen LogP contribution in [-0.4, -0.2) is 41.2 Å². The molecular weight excluding hydrogens is 414 g/mol. The number of hydrogen-bond acceptors (Lipinski definition) is 6. The van der Waals surface area contributed by atoms with E-state index in [2.05, 4.69) is 55.0 Å². The Balaban J connectivity index is 1.40. The molecule has 2 heterocycles. The second-order valence-corrected chi connectivity index (χ2v) is 7.53. The summed E-state index contributed by atoms with van der Waals surface area (Å²) in [6.07, 6.45) is 0.580. The molecule has 8 heteroatoms. The van der Waals surface area contributed by atoms with Gasteiger partial charge >= 0.3 is 0 Å². The van der Waals surface area contributed by atoms with Gasteiger partial charge < -0.3 is 0 Å². The van der Waals surface area contributed by atoms with Crippen LogP contribution in [0.4, 0.5) is 0 Å². The van der Waals surface area contributed by atoms with Crippen molar-refractivity contribution in [3.8, 4) is 22.5 Å². The van der Waals surface area contributed by atoms with E-state index in [4.69, 9.17) is 0 Å². The number of hydrogen-bond donors (Lipinski definition) is 1. The van der Waals surface area contributed by atoms with Gasteiger partial charge in [0, 0.05) is 24.1 Å². The lowest BCUT2D eigenvalue weighted by Gasteiger charge is -2.08. The van der Waals surface area contributed by atoms with Gasteiger partial charge in [0.15, 0.2) is 5.82 Å². The Morgan fingerprint density at radius 3 is 2.33 bits per heavy atom. The van der Waals surface area contributed by atoms with Crippen LogP contribution in [0.1, 0.15) is 34.5 Å². The zero-order valence-corrected chi connectivity index (χ0v) is 18.0. The molecule has 0 aliphatic rings. The minimum Gasteiger partial charge on any atom is -0.285 e. The van der Waals surface area contributed by atoms with Gasteiger partial charge in [0.05, 0.1) is 0 Å². The van der Waals surface area contributed by atoms with Crippen LogP contribution in [0, 0.1) is 0 Å². The molecule has 0 unspecified atom stereocenters. The molecule has 0 aliphatic heterocycles. The van der Waals surface area contributed by atoms with Crippen molar-refractivity contribution >= 4 is 5.78 Å². The summed E-state index contributed by atoms with van der Waals surface area (Å²) in [6, 6.07) is 25.4. The van der Waals surface area contributed by atoms with Gasteiger partial charge in [-0.25, -0.2) is 14.8 Å². The molecule has 0 atom stereocenters. The largest absolute Gasteiger partial charge is 0.285 e. The highest BCUT2D eigenvalue weighted by atomic mass is 16.1. The quantitative estimate of drug-likeness (QED) is 0.388. The van der Waals surface area contributed by atoms with Crippen molar-refractivity contribution in [1.82, 2.24) is 35.4 Å². The topological polar surface area (TPSA) is 102 Å². The van der Waals surface area contributed by atoms with Crippen LogP contribution >= 0.6 is 0 Å². The fraction of sp³-hybridized carbons (Fsp3) is 0.120. The van der Waals surface area contributed by atoms with Crippen molar-refractivity contribution in [3.05, 3.63) is 102 Å². The van der Waals surface area contributed by atoms with Crippen molar-refractivity contribution < 1.29 is 4.79 Å². The third-order valence-electron chi connectivity index (χ3n) is 5.44. The maximum absolute atomic E-state index is 12.8. The Hall–Kier alpha value is -4.46. The first-order valence-corrected chi connectivity index (χ1v) is 10.7. The summed E-state index contributed by atoms with van der Waals surface area (Å²) in [5.41, 5.74) is 4.70. The van der Waals surface area contributed by atoms with Gasteiger partial charge in [0.1, 0.15) is 5.82 Å². The van der Waals surface area contributed by atoms with E-state index in [0.717, 1.165) is 28.1 Å². The van der Waals surface area contributed by atoms with Crippen molar-refractivity contribution in [2.75, 3.05) is 0 Å². The van der Waals surface area contributed by atoms with Crippen LogP contribution < -0.4 is 0 Å². The number of aryl methyl sites for hydroxylation is 1. The zero-order valence-electron chi connectivity index (χ0n) is 18.0. The number of carbonyl (C=O) groups excluding carboxylic acids is 1. The minimum atomic E-state index is -0.169.